The summed E-state index contributed by atoms with van der Waals surface area (Å²) in [4.78, 5) is 14.3. The minimum absolute atomic E-state index is 0.169. The Morgan fingerprint density at radius 1 is 0.870 bits per heavy atom. The molecule has 0 radical (unpaired) electrons. The van der Waals surface area contributed by atoms with Crippen molar-refractivity contribution in [1.29, 1.82) is 0 Å². The Hall–Kier alpha value is -2.19. The molecule has 3 aromatic rings. The molecule has 1 nitrogen and oxygen atoms in total. The third kappa shape index (κ3) is 3.27. The molecular weight excluding hydrogens is 300 g/mol. The molecule has 0 aliphatic heterocycles. The van der Waals surface area contributed by atoms with Crippen LogP contribution in [0.1, 0.15) is 38.2 Å². The third-order valence-corrected chi connectivity index (χ3v) is 5.24. The summed E-state index contributed by atoms with van der Waals surface area (Å²) < 4.78 is 0. The van der Waals surface area contributed by atoms with E-state index in [0.29, 0.717) is 0 Å². The van der Waals surface area contributed by atoms with Gasteiger partial charge < -0.3 is 0 Å². The lowest BCUT2D eigenvalue weighted by Crippen LogP contribution is -2.00. The van der Waals surface area contributed by atoms with Crippen molar-refractivity contribution in [1.82, 2.24) is 0 Å². The minimum Gasteiger partial charge on any atom is -0.294 e. The van der Waals surface area contributed by atoms with E-state index >= 15 is 0 Å². The zero-order valence-corrected chi connectivity index (χ0v) is 14.5. The molecule has 0 saturated carbocycles. The number of benzene rings is 2. The summed E-state index contributed by atoms with van der Waals surface area (Å²) in [5.41, 5.74) is 5.80. The molecule has 0 unspecified atom stereocenters. The maximum Gasteiger partial charge on any atom is 0.161 e. The summed E-state index contributed by atoms with van der Waals surface area (Å²) in [5.74, 6) is 0.169. The van der Waals surface area contributed by atoms with Crippen molar-refractivity contribution in [2.45, 2.75) is 27.2 Å². The SMILES string of the molecule is CC(=O)c1c(C)sc(C)c1Cc1ccc(-c2ccccc2)cc1. The lowest BCUT2D eigenvalue weighted by Gasteiger charge is -2.07. The molecule has 1 aromatic heterocycles. The van der Waals surface area contributed by atoms with Gasteiger partial charge in [-0.15, -0.1) is 11.3 Å². The Labute approximate surface area is 141 Å². The van der Waals surface area contributed by atoms with Gasteiger partial charge in [-0.3, -0.25) is 4.79 Å². The van der Waals surface area contributed by atoms with Crippen LogP contribution in [-0.4, -0.2) is 5.78 Å². The molecule has 0 N–H and O–H groups in total. The van der Waals surface area contributed by atoms with Crippen LogP contribution in [0.25, 0.3) is 11.1 Å². The predicted octanol–water partition coefficient (Wildman–Crippen LogP) is 5.83. The summed E-state index contributed by atoms with van der Waals surface area (Å²) in [5, 5.41) is 0. The van der Waals surface area contributed by atoms with E-state index in [-0.39, 0.29) is 5.78 Å². The van der Waals surface area contributed by atoms with E-state index in [1.54, 1.807) is 18.3 Å². The van der Waals surface area contributed by atoms with Gasteiger partial charge in [0.2, 0.25) is 0 Å². The number of hydrogen-bond donors (Lipinski definition) is 0. The molecule has 3 rings (SSSR count). The molecule has 0 fully saturated rings. The van der Waals surface area contributed by atoms with Gasteiger partial charge in [0.1, 0.15) is 0 Å². The fraction of sp³-hybridized carbons (Fsp3) is 0.190. The summed E-state index contributed by atoms with van der Waals surface area (Å²) in [6, 6.07) is 19.0. The molecule has 2 heteroatoms. The Kier molecular flexibility index (Phi) is 4.44. The third-order valence-electron chi connectivity index (χ3n) is 4.18. The minimum atomic E-state index is 0.169. The van der Waals surface area contributed by atoms with Gasteiger partial charge in [-0.2, -0.15) is 0 Å². The highest BCUT2D eigenvalue weighted by atomic mass is 32.1. The van der Waals surface area contributed by atoms with Crippen LogP contribution >= 0.6 is 11.3 Å². The van der Waals surface area contributed by atoms with Gasteiger partial charge in [0, 0.05) is 15.3 Å². The van der Waals surface area contributed by atoms with Crippen molar-refractivity contribution >= 4 is 17.1 Å². The first-order valence-corrected chi connectivity index (χ1v) is 8.62. The van der Waals surface area contributed by atoms with Gasteiger partial charge in [0.15, 0.2) is 5.78 Å². The van der Waals surface area contributed by atoms with Crippen LogP contribution in [0.2, 0.25) is 0 Å². The molecule has 2 aromatic carbocycles. The average molecular weight is 320 g/mol. The Morgan fingerprint density at radius 3 is 2.09 bits per heavy atom. The van der Waals surface area contributed by atoms with Crippen LogP contribution in [0.4, 0.5) is 0 Å². The molecule has 0 spiro atoms. The van der Waals surface area contributed by atoms with Crippen LogP contribution in [0.3, 0.4) is 0 Å². The van der Waals surface area contributed by atoms with Crippen molar-refractivity contribution in [3.63, 3.8) is 0 Å². The number of hydrogen-bond acceptors (Lipinski definition) is 2. The van der Waals surface area contributed by atoms with Crippen LogP contribution in [0, 0.1) is 13.8 Å². The summed E-state index contributed by atoms with van der Waals surface area (Å²) in [6.07, 6.45) is 0.820. The van der Waals surface area contributed by atoms with Gasteiger partial charge in [-0.25, -0.2) is 0 Å². The van der Waals surface area contributed by atoms with E-state index in [4.69, 9.17) is 0 Å². The smallest absolute Gasteiger partial charge is 0.161 e. The molecule has 0 aliphatic rings. The lowest BCUT2D eigenvalue weighted by atomic mass is 9.97. The van der Waals surface area contributed by atoms with Crippen LogP contribution in [0.15, 0.2) is 54.6 Å². The molecule has 0 amide bonds. The summed E-state index contributed by atoms with van der Waals surface area (Å²) >= 11 is 1.72. The number of Topliss-reactive ketones (excluding diaryl/α,β-unsaturated/α-hetero) is 1. The van der Waals surface area contributed by atoms with Crippen LogP contribution in [-0.2, 0) is 6.42 Å². The van der Waals surface area contributed by atoms with E-state index in [0.717, 1.165) is 16.9 Å². The fourth-order valence-electron chi connectivity index (χ4n) is 3.05. The monoisotopic (exact) mass is 320 g/mol. The van der Waals surface area contributed by atoms with Crippen molar-refractivity contribution < 1.29 is 4.79 Å². The van der Waals surface area contributed by atoms with Crippen LogP contribution < -0.4 is 0 Å². The number of carbonyl (C=O) groups excluding carboxylic acids is 1. The molecule has 0 bridgehead atoms. The van der Waals surface area contributed by atoms with Gasteiger partial charge in [0.05, 0.1) is 0 Å². The van der Waals surface area contributed by atoms with Gasteiger partial charge in [-0.1, -0.05) is 54.6 Å². The molecular formula is C21H20OS. The quantitative estimate of drug-likeness (QED) is 0.553. The van der Waals surface area contributed by atoms with E-state index in [1.807, 2.05) is 13.0 Å². The standard InChI is InChI=1S/C21H20OS/c1-14(22)21-16(3)23-15(2)20(21)13-17-9-11-19(12-10-17)18-7-5-4-6-8-18/h4-12H,13H2,1-3H3. The maximum absolute atomic E-state index is 11.9. The molecule has 1 heterocycles. The average Bonchev–Trinajstić information content (AvgIpc) is 2.83. The zero-order valence-electron chi connectivity index (χ0n) is 13.7. The van der Waals surface area contributed by atoms with E-state index in [9.17, 15) is 4.79 Å². The Balaban J connectivity index is 1.89. The van der Waals surface area contributed by atoms with Crippen LogP contribution in [0.5, 0.6) is 0 Å². The first-order chi connectivity index (χ1) is 11.1. The normalized spacial score (nSPS) is 10.7. The highest BCUT2D eigenvalue weighted by Gasteiger charge is 2.16. The second-order valence-corrected chi connectivity index (χ2v) is 7.29. The Morgan fingerprint density at radius 2 is 1.48 bits per heavy atom. The number of ketones is 1. The van der Waals surface area contributed by atoms with Gasteiger partial charge in [-0.05, 0) is 49.4 Å². The van der Waals surface area contributed by atoms with Crippen molar-refractivity contribution in [2.24, 2.45) is 0 Å². The number of rotatable bonds is 4. The highest BCUT2D eigenvalue weighted by molar-refractivity contribution is 7.12. The van der Waals surface area contributed by atoms with Crippen molar-refractivity contribution in [3.8, 4) is 11.1 Å². The molecule has 0 saturated heterocycles. The second-order valence-electron chi connectivity index (χ2n) is 5.86. The maximum atomic E-state index is 11.9. The summed E-state index contributed by atoms with van der Waals surface area (Å²) in [7, 11) is 0. The Bertz CT molecular complexity index is 826. The van der Waals surface area contributed by atoms with E-state index in [2.05, 4.69) is 55.5 Å². The lowest BCUT2D eigenvalue weighted by molar-refractivity contribution is 0.101. The number of carbonyl (C=O) groups is 1. The molecule has 23 heavy (non-hydrogen) atoms. The molecule has 116 valence electrons. The van der Waals surface area contributed by atoms with Crippen molar-refractivity contribution in [3.05, 3.63) is 81.0 Å². The molecule has 0 atom stereocenters. The largest absolute Gasteiger partial charge is 0.294 e. The first kappa shape index (κ1) is 15.7. The topological polar surface area (TPSA) is 17.1 Å². The first-order valence-electron chi connectivity index (χ1n) is 7.80. The number of thiophene rings is 1. The van der Waals surface area contributed by atoms with Gasteiger partial charge in [0.25, 0.3) is 0 Å². The van der Waals surface area contributed by atoms with Crippen molar-refractivity contribution in [2.75, 3.05) is 0 Å². The second kappa shape index (κ2) is 6.51. The summed E-state index contributed by atoms with van der Waals surface area (Å²) in [6.45, 7) is 5.81. The van der Waals surface area contributed by atoms with E-state index in [1.165, 1.54) is 27.1 Å². The van der Waals surface area contributed by atoms with Gasteiger partial charge >= 0.3 is 0 Å². The fourth-order valence-corrected chi connectivity index (χ4v) is 4.18. The predicted molar refractivity (Wildman–Crippen MR) is 98.5 cm³/mol. The number of aryl methyl sites for hydroxylation is 2. The molecule has 0 aliphatic carbocycles. The highest BCUT2D eigenvalue weighted by Crippen LogP contribution is 2.30. The zero-order chi connectivity index (χ0) is 16.4. The van der Waals surface area contributed by atoms with E-state index < -0.39 is 0 Å².